The van der Waals surface area contributed by atoms with Crippen LogP contribution in [0.1, 0.15) is 70.8 Å². The van der Waals surface area contributed by atoms with E-state index in [1.807, 2.05) is 49.4 Å². The van der Waals surface area contributed by atoms with Crippen LogP contribution >= 0.6 is 0 Å². The molecule has 5 rings (SSSR count). The van der Waals surface area contributed by atoms with E-state index in [1.165, 1.54) is 0 Å². The molecule has 0 aliphatic carbocycles. The maximum absolute atomic E-state index is 12.9. The number of carbonyl (C=O) groups excluding carboxylic acids is 2. The van der Waals surface area contributed by atoms with E-state index < -0.39 is 0 Å². The highest BCUT2D eigenvalue weighted by Gasteiger charge is 2.17. The predicted molar refractivity (Wildman–Crippen MR) is 159 cm³/mol. The van der Waals surface area contributed by atoms with Gasteiger partial charge in [0, 0.05) is 30.6 Å². The zero-order valence-electron chi connectivity index (χ0n) is 23.6. The first-order valence-corrected chi connectivity index (χ1v) is 14.0. The van der Waals surface area contributed by atoms with Gasteiger partial charge in [0.25, 0.3) is 17.8 Å². The fourth-order valence-corrected chi connectivity index (χ4v) is 4.93. The molecular formula is C31H34N8O2. The number of tetrazole rings is 1. The van der Waals surface area contributed by atoms with Crippen molar-refractivity contribution in [1.29, 1.82) is 0 Å². The number of benzene rings is 3. The highest BCUT2D eigenvalue weighted by atomic mass is 16.2. The molecular weight excluding hydrogens is 516 g/mol. The molecule has 0 spiro atoms. The number of unbranched alkanes of at least 4 members (excludes halogenated alkanes) is 1. The predicted octanol–water partition coefficient (Wildman–Crippen LogP) is 5.31. The van der Waals surface area contributed by atoms with Gasteiger partial charge in [-0.15, -0.1) is 5.10 Å². The van der Waals surface area contributed by atoms with Crippen molar-refractivity contribution < 1.29 is 9.59 Å². The van der Waals surface area contributed by atoms with Crippen LogP contribution in [-0.2, 0) is 13.0 Å². The van der Waals surface area contributed by atoms with E-state index in [-0.39, 0.29) is 17.8 Å². The van der Waals surface area contributed by atoms with E-state index in [0.717, 1.165) is 64.8 Å². The Balaban J connectivity index is 1.43. The summed E-state index contributed by atoms with van der Waals surface area (Å²) in [6.45, 7) is 7.55. The summed E-state index contributed by atoms with van der Waals surface area (Å²) in [4.78, 5) is 30.8. The minimum Gasteiger partial charge on any atom is -0.352 e. The summed E-state index contributed by atoms with van der Waals surface area (Å²) >= 11 is 0. The maximum Gasteiger partial charge on any atom is 0.270 e. The average Bonchev–Trinajstić information content (AvgIpc) is 3.62. The normalized spacial score (nSPS) is 11.1. The van der Waals surface area contributed by atoms with Crippen molar-refractivity contribution in [2.45, 2.75) is 53.0 Å². The lowest BCUT2D eigenvalue weighted by atomic mass is 9.98. The van der Waals surface area contributed by atoms with E-state index in [4.69, 9.17) is 4.98 Å². The fraction of sp³-hybridized carbons (Fsp3) is 0.290. The number of fused-ring (bicyclic) bond motifs is 1. The topological polar surface area (TPSA) is 130 Å². The van der Waals surface area contributed by atoms with Crippen molar-refractivity contribution in [2.75, 3.05) is 11.9 Å². The molecule has 41 heavy (non-hydrogen) atoms. The minimum atomic E-state index is -0.315. The lowest BCUT2D eigenvalue weighted by Crippen LogP contribution is -2.24. The van der Waals surface area contributed by atoms with Gasteiger partial charge in [-0.2, -0.15) is 5.21 Å². The van der Waals surface area contributed by atoms with E-state index in [1.54, 1.807) is 6.07 Å². The second kappa shape index (κ2) is 12.5. The van der Waals surface area contributed by atoms with Gasteiger partial charge in [0.15, 0.2) is 0 Å². The monoisotopic (exact) mass is 550 g/mol. The number of amides is 2. The van der Waals surface area contributed by atoms with Crippen molar-refractivity contribution in [1.82, 2.24) is 35.5 Å². The summed E-state index contributed by atoms with van der Waals surface area (Å²) in [5, 5.41) is 19.1. The minimum absolute atomic E-state index is 0.0559. The summed E-state index contributed by atoms with van der Waals surface area (Å²) < 4.78 is 2.22. The first-order chi connectivity index (χ1) is 20.0. The molecule has 0 saturated heterocycles. The van der Waals surface area contributed by atoms with Crippen molar-refractivity contribution in [2.24, 2.45) is 0 Å². The molecule has 10 nitrogen and oxygen atoms in total. The van der Waals surface area contributed by atoms with Crippen LogP contribution in [0.2, 0.25) is 0 Å². The molecule has 0 aliphatic heterocycles. The number of aromatic nitrogens is 6. The molecule has 210 valence electrons. The van der Waals surface area contributed by atoms with Gasteiger partial charge >= 0.3 is 0 Å². The molecule has 0 saturated carbocycles. The van der Waals surface area contributed by atoms with Gasteiger partial charge in [0.05, 0.1) is 11.0 Å². The number of imidazole rings is 1. The number of aromatic amines is 1. The lowest BCUT2D eigenvalue weighted by molar-refractivity contribution is 0.0952. The van der Waals surface area contributed by atoms with Crippen LogP contribution < -0.4 is 10.6 Å². The third-order valence-electron chi connectivity index (χ3n) is 7.02. The van der Waals surface area contributed by atoms with Gasteiger partial charge in [0.1, 0.15) is 5.82 Å². The maximum atomic E-state index is 12.9. The quantitative estimate of drug-likeness (QED) is 0.191. The van der Waals surface area contributed by atoms with Crippen molar-refractivity contribution in [3.8, 4) is 11.1 Å². The van der Waals surface area contributed by atoms with Crippen LogP contribution in [-0.4, -0.2) is 48.5 Å². The van der Waals surface area contributed by atoms with Gasteiger partial charge in [-0.1, -0.05) is 67.8 Å². The van der Waals surface area contributed by atoms with Crippen LogP contribution in [0.3, 0.4) is 0 Å². The first-order valence-electron chi connectivity index (χ1n) is 14.0. The van der Waals surface area contributed by atoms with Gasteiger partial charge in [-0.3, -0.25) is 14.9 Å². The Morgan fingerprint density at radius 3 is 2.51 bits per heavy atom. The second-order valence-electron chi connectivity index (χ2n) is 10.1. The highest BCUT2D eigenvalue weighted by molar-refractivity contribution is 6.08. The van der Waals surface area contributed by atoms with Gasteiger partial charge in [-0.05, 0) is 65.4 Å². The second-order valence-corrected chi connectivity index (χ2v) is 10.1. The molecule has 3 aromatic carbocycles. The number of rotatable bonds is 11. The van der Waals surface area contributed by atoms with Gasteiger partial charge in [0.2, 0.25) is 0 Å². The zero-order valence-corrected chi connectivity index (χ0v) is 23.6. The number of carbonyl (C=O) groups is 2. The van der Waals surface area contributed by atoms with Crippen molar-refractivity contribution in [3.05, 3.63) is 88.7 Å². The number of aryl methyl sites for hydroxylation is 2. The molecule has 0 bridgehead atoms. The number of hydrogen-bond acceptors (Lipinski definition) is 6. The first kappa shape index (κ1) is 27.7. The Kier molecular flexibility index (Phi) is 8.47. The van der Waals surface area contributed by atoms with Crippen molar-refractivity contribution >= 4 is 28.8 Å². The average molecular weight is 551 g/mol. The van der Waals surface area contributed by atoms with E-state index >= 15 is 0 Å². The largest absolute Gasteiger partial charge is 0.352 e. The Bertz CT molecular complexity index is 1660. The number of nitrogens with one attached hydrogen (secondary N) is 3. The Morgan fingerprint density at radius 1 is 0.976 bits per heavy atom. The molecule has 10 heteroatoms. The third-order valence-corrected chi connectivity index (χ3v) is 7.02. The van der Waals surface area contributed by atoms with Crippen LogP contribution in [0.4, 0.5) is 5.95 Å². The summed E-state index contributed by atoms with van der Waals surface area (Å²) in [7, 11) is 0. The molecule has 5 aromatic rings. The molecule has 0 atom stereocenters. The van der Waals surface area contributed by atoms with Crippen LogP contribution in [0.5, 0.6) is 0 Å². The Morgan fingerprint density at radius 2 is 1.78 bits per heavy atom. The Labute approximate surface area is 238 Å². The standard InChI is InChI=1S/C31H34N8O2/c1-4-6-16-32-29(40)23-17-20(3)28-26(18-23)39(27(33-28)9-5-2)19-21-12-14-22(15-13-21)24-10-7-8-11-25(24)30(41)34-31-35-37-38-36-31/h7-8,10-15,17-18H,4-6,9,16,19H2,1-3H3,(H,32,40)(H2,34,35,36,37,38,41). The highest BCUT2D eigenvalue weighted by Crippen LogP contribution is 2.27. The zero-order chi connectivity index (χ0) is 28.8. The number of anilines is 1. The van der Waals surface area contributed by atoms with E-state index in [0.29, 0.717) is 24.2 Å². The summed E-state index contributed by atoms with van der Waals surface area (Å²) in [5.74, 6) is 0.749. The molecule has 2 aromatic heterocycles. The van der Waals surface area contributed by atoms with Gasteiger partial charge < -0.3 is 9.88 Å². The molecule has 2 heterocycles. The fourth-order valence-electron chi connectivity index (χ4n) is 4.93. The van der Waals surface area contributed by atoms with Crippen LogP contribution in [0, 0.1) is 6.92 Å². The van der Waals surface area contributed by atoms with Crippen LogP contribution in [0.25, 0.3) is 22.2 Å². The van der Waals surface area contributed by atoms with E-state index in [2.05, 4.69) is 61.8 Å². The smallest absolute Gasteiger partial charge is 0.270 e. The number of H-pyrrole nitrogens is 1. The van der Waals surface area contributed by atoms with E-state index in [9.17, 15) is 9.59 Å². The molecule has 0 unspecified atom stereocenters. The third kappa shape index (κ3) is 6.16. The lowest BCUT2D eigenvalue weighted by Gasteiger charge is -2.12. The SMILES string of the molecule is CCCCNC(=O)c1cc(C)c2nc(CCC)n(Cc3ccc(-c4ccccc4C(=O)Nc4nn[nH]n4)cc3)c2c1. The van der Waals surface area contributed by atoms with Gasteiger partial charge in [-0.25, -0.2) is 4.98 Å². The molecule has 3 N–H and O–H groups in total. The summed E-state index contributed by atoms with van der Waals surface area (Å²) in [6.07, 6.45) is 3.79. The van der Waals surface area contributed by atoms with Crippen molar-refractivity contribution in [3.63, 3.8) is 0 Å². The number of hydrogen-bond donors (Lipinski definition) is 3. The number of nitrogens with zero attached hydrogens (tertiary/aromatic N) is 5. The summed E-state index contributed by atoms with van der Waals surface area (Å²) in [6, 6.07) is 19.5. The van der Waals surface area contributed by atoms with Crippen LogP contribution in [0.15, 0.2) is 60.7 Å². The Hall–Kier alpha value is -4.86. The molecule has 0 fully saturated rings. The molecule has 0 aliphatic rings. The molecule has 0 radical (unpaired) electrons. The molecule has 2 amide bonds. The summed E-state index contributed by atoms with van der Waals surface area (Å²) in [5.41, 5.74) is 6.85.